The summed E-state index contributed by atoms with van der Waals surface area (Å²) in [6, 6.07) is 22.9. The maximum Gasteiger partial charge on any atom is 0.250 e. The van der Waals surface area contributed by atoms with E-state index in [0.717, 1.165) is 11.4 Å². The van der Waals surface area contributed by atoms with Gasteiger partial charge in [0, 0.05) is 43.3 Å². The molecule has 0 radical (unpaired) electrons. The highest BCUT2D eigenvalue weighted by molar-refractivity contribution is 6.20. The number of fused-ring (bicyclic) bond motifs is 1. The van der Waals surface area contributed by atoms with E-state index in [-0.39, 0.29) is 11.7 Å². The van der Waals surface area contributed by atoms with Crippen LogP contribution in [-0.4, -0.2) is 62.9 Å². The lowest BCUT2D eigenvalue weighted by atomic mass is 10.1. The van der Waals surface area contributed by atoms with E-state index in [1.165, 1.54) is 23.9 Å². The van der Waals surface area contributed by atoms with E-state index in [4.69, 9.17) is 15.2 Å². The zero-order valence-electron chi connectivity index (χ0n) is 26.5. The zero-order chi connectivity index (χ0) is 32.6. The van der Waals surface area contributed by atoms with E-state index in [1.807, 2.05) is 72.6 Å². The van der Waals surface area contributed by atoms with Crippen molar-refractivity contribution in [2.45, 2.75) is 25.8 Å². The molecule has 0 unspecified atom stereocenters. The van der Waals surface area contributed by atoms with Crippen LogP contribution in [-0.2, 0) is 9.59 Å². The van der Waals surface area contributed by atoms with Crippen LogP contribution in [0.1, 0.15) is 19.8 Å². The smallest absolute Gasteiger partial charge is 0.250 e. The Kier molecular flexibility index (Phi) is 10.2. The molecule has 2 N–H and O–H groups in total. The first kappa shape index (κ1) is 32.1. The van der Waals surface area contributed by atoms with Crippen LogP contribution >= 0.6 is 0 Å². The number of likely N-dealkylation sites (N-methyl/N-ethyl adjacent to an activating group) is 2. The fourth-order valence-electron chi connectivity index (χ4n) is 5.30. The van der Waals surface area contributed by atoms with Gasteiger partial charge in [0.25, 0.3) is 5.91 Å². The molecule has 5 rings (SSSR count). The van der Waals surface area contributed by atoms with Gasteiger partial charge in [-0.3, -0.25) is 19.4 Å². The maximum absolute atomic E-state index is 13.3. The summed E-state index contributed by atoms with van der Waals surface area (Å²) in [5.41, 5.74) is 9.20. The number of carbonyl (C=O) groups excluding carboxylic acids is 2. The van der Waals surface area contributed by atoms with Crippen LogP contribution < -0.4 is 29.9 Å². The monoisotopic (exact) mass is 620 g/mol. The van der Waals surface area contributed by atoms with Crippen molar-refractivity contribution in [1.29, 1.82) is 0 Å². The summed E-state index contributed by atoms with van der Waals surface area (Å²) in [6.45, 7) is 6.99. The number of aliphatic imine (C=N–C) groups is 1. The van der Waals surface area contributed by atoms with Crippen molar-refractivity contribution in [2.75, 3.05) is 48.5 Å². The van der Waals surface area contributed by atoms with Crippen molar-refractivity contribution >= 4 is 35.2 Å². The molecule has 10 nitrogen and oxygen atoms in total. The number of anilines is 3. The molecule has 2 aliphatic rings. The number of carbonyl (C=O) groups is 2. The molecular weight excluding hydrogens is 580 g/mol. The Bertz CT molecular complexity index is 1640. The van der Waals surface area contributed by atoms with Crippen molar-refractivity contribution in [3.05, 3.63) is 109 Å². The summed E-state index contributed by atoms with van der Waals surface area (Å²) < 4.78 is 11.8. The van der Waals surface area contributed by atoms with Crippen molar-refractivity contribution < 1.29 is 19.1 Å². The van der Waals surface area contributed by atoms with Gasteiger partial charge in [0.1, 0.15) is 29.6 Å². The number of para-hydroxylation sites is 1. The summed E-state index contributed by atoms with van der Waals surface area (Å²) in [5.74, 6) is 2.07. The lowest BCUT2D eigenvalue weighted by molar-refractivity contribution is -0.114. The van der Waals surface area contributed by atoms with Crippen LogP contribution in [0.3, 0.4) is 0 Å². The minimum absolute atomic E-state index is 0.152. The lowest BCUT2D eigenvalue weighted by Crippen LogP contribution is -2.39. The second kappa shape index (κ2) is 14.6. The first-order chi connectivity index (χ1) is 22.3. The molecule has 1 fully saturated rings. The summed E-state index contributed by atoms with van der Waals surface area (Å²) >= 11 is 0. The standard InChI is InChI=1S/C36H40N6O4/c1-5-38-36(35(26(2)37)40(4)28-15-18-31(19-16-28)46-30-10-7-6-8-11-30)42(25-43)29-17-20-33-32(24-29)41(22-23-45-33)34(44)12-9-21-39(3)27-13-14-27/h5-12,15-20,24-25,27H,1,13-14,21-23,37H2,2-4H3/b12-9+,35-26-,38-36?. The number of hydrogen-bond acceptors (Lipinski definition) is 8. The Labute approximate surface area is 270 Å². The average Bonchev–Trinajstić information content (AvgIpc) is 3.91. The van der Waals surface area contributed by atoms with Crippen LogP contribution in [0.15, 0.2) is 114 Å². The Morgan fingerprint density at radius 1 is 1.07 bits per heavy atom. The molecule has 10 heteroatoms. The van der Waals surface area contributed by atoms with E-state index in [9.17, 15) is 9.59 Å². The van der Waals surface area contributed by atoms with Gasteiger partial charge >= 0.3 is 0 Å². The van der Waals surface area contributed by atoms with Gasteiger partial charge in [-0.25, -0.2) is 4.99 Å². The average molecular weight is 621 g/mol. The highest BCUT2D eigenvalue weighted by Gasteiger charge is 2.28. The molecular formula is C36H40N6O4. The first-order valence-electron chi connectivity index (χ1n) is 15.2. The topological polar surface area (TPSA) is 104 Å². The van der Waals surface area contributed by atoms with Gasteiger partial charge in [0.15, 0.2) is 5.84 Å². The van der Waals surface area contributed by atoms with E-state index in [0.29, 0.717) is 66.4 Å². The van der Waals surface area contributed by atoms with E-state index < -0.39 is 0 Å². The zero-order valence-corrected chi connectivity index (χ0v) is 26.5. The maximum atomic E-state index is 13.3. The Morgan fingerprint density at radius 3 is 2.41 bits per heavy atom. The Balaban J connectivity index is 1.40. The van der Waals surface area contributed by atoms with Gasteiger partial charge in [-0.05, 0) is 81.4 Å². The predicted octanol–water partition coefficient (Wildman–Crippen LogP) is 5.69. The molecule has 0 saturated heterocycles. The summed E-state index contributed by atoms with van der Waals surface area (Å²) in [7, 11) is 3.91. The molecule has 0 atom stereocenters. The quantitative estimate of drug-likeness (QED) is 0.120. The van der Waals surface area contributed by atoms with Crippen LogP contribution in [0.2, 0.25) is 0 Å². The molecule has 0 bridgehead atoms. The van der Waals surface area contributed by atoms with Gasteiger partial charge in [0.2, 0.25) is 6.41 Å². The molecule has 0 spiro atoms. The van der Waals surface area contributed by atoms with Crippen LogP contribution in [0.25, 0.3) is 0 Å². The predicted molar refractivity (Wildman–Crippen MR) is 184 cm³/mol. The van der Waals surface area contributed by atoms with Crippen molar-refractivity contribution in [1.82, 2.24) is 4.90 Å². The number of amidine groups is 1. The number of rotatable bonds is 12. The molecule has 1 aliphatic carbocycles. The molecule has 2 amide bonds. The van der Waals surface area contributed by atoms with Gasteiger partial charge in [-0.2, -0.15) is 0 Å². The highest BCUT2D eigenvalue weighted by atomic mass is 16.5. The Hall–Kier alpha value is -5.35. The number of allylic oxidation sites excluding steroid dienone is 1. The van der Waals surface area contributed by atoms with Gasteiger partial charge in [-0.1, -0.05) is 30.9 Å². The van der Waals surface area contributed by atoms with E-state index in [2.05, 4.69) is 23.5 Å². The third-order valence-electron chi connectivity index (χ3n) is 7.84. The van der Waals surface area contributed by atoms with Crippen molar-refractivity contribution in [3.63, 3.8) is 0 Å². The first-order valence-corrected chi connectivity index (χ1v) is 15.2. The molecule has 1 saturated carbocycles. The fraction of sp³-hybridized carbons (Fsp3) is 0.250. The summed E-state index contributed by atoms with van der Waals surface area (Å²) in [6.07, 6.45) is 7.93. The molecule has 3 aromatic rings. The third-order valence-corrected chi connectivity index (χ3v) is 7.84. The highest BCUT2D eigenvalue weighted by Crippen LogP contribution is 2.36. The second-order valence-electron chi connectivity index (χ2n) is 11.2. The SMILES string of the molecule is C=CN=C(/C(=C(\C)N)N(C)c1ccc(Oc2ccccc2)cc1)N(C=O)c1ccc2c(c1)N(C(=O)/C=C/CN(C)C1CC1)CCO2. The Morgan fingerprint density at radius 2 is 1.76 bits per heavy atom. The molecule has 1 heterocycles. The largest absolute Gasteiger partial charge is 0.490 e. The van der Waals surface area contributed by atoms with Crippen molar-refractivity contribution in [3.8, 4) is 17.2 Å². The summed E-state index contributed by atoms with van der Waals surface area (Å²) in [4.78, 5) is 37.7. The number of nitrogens with zero attached hydrogens (tertiary/aromatic N) is 5. The molecule has 238 valence electrons. The third kappa shape index (κ3) is 7.47. The number of nitrogens with two attached hydrogens (primary N) is 1. The molecule has 1 aliphatic heterocycles. The number of amides is 2. The minimum Gasteiger partial charge on any atom is -0.490 e. The van der Waals surface area contributed by atoms with Gasteiger partial charge in [0.05, 0.1) is 17.9 Å². The minimum atomic E-state index is -0.152. The van der Waals surface area contributed by atoms with Gasteiger partial charge < -0.3 is 25.0 Å². The summed E-state index contributed by atoms with van der Waals surface area (Å²) in [5, 5.41) is 0. The lowest BCUT2D eigenvalue weighted by Gasteiger charge is -2.32. The van der Waals surface area contributed by atoms with Gasteiger partial charge in [-0.15, -0.1) is 0 Å². The van der Waals surface area contributed by atoms with E-state index in [1.54, 1.807) is 36.1 Å². The van der Waals surface area contributed by atoms with Crippen LogP contribution in [0.4, 0.5) is 17.1 Å². The molecule has 46 heavy (non-hydrogen) atoms. The van der Waals surface area contributed by atoms with Crippen LogP contribution in [0.5, 0.6) is 17.2 Å². The van der Waals surface area contributed by atoms with E-state index >= 15 is 0 Å². The molecule has 3 aromatic carbocycles. The fourth-order valence-corrected chi connectivity index (χ4v) is 5.30. The van der Waals surface area contributed by atoms with Crippen LogP contribution in [0, 0.1) is 0 Å². The number of ether oxygens (including phenoxy) is 2. The van der Waals surface area contributed by atoms with Crippen molar-refractivity contribution in [2.24, 2.45) is 10.7 Å². The number of hydrogen-bond donors (Lipinski definition) is 1. The molecule has 0 aromatic heterocycles. The number of benzene rings is 3. The second-order valence-corrected chi connectivity index (χ2v) is 11.2. The normalized spacial score (nSPS) is 15.1.